The van der Waals surface area contributed by atoms with E-state index in [0.29, 0.717) is 69.4 Å². The standard InChI is InChI=1S/C23H24F3NO3.C21H20F3NO3.CH4/c1-2-15-7-8-17(19(13-15)22(29)30)14-21(28)27-11-9-16(10-12-27)18-5-3-4-6-20(18)23(24,25)26;22-21(23,24)18-8-4-3-6-16(18)14-9-11-25(12-10-14)19(26)13-15-5-1-2-7-17(15)20(27)28;/h3-8,13,16H,2,9-12,14H2,1H3,(H,29,30);1-8,14H,9-13H2,(H,27,28);1H4. The van der Waals surface area contributed by atoms with Crippen molar-refractivity contribution in [1.29, 1.82) is 0 Å². The van der Waals surface area contributed by atoms with Crippen LogP contribution in [0.1, 0.15) is 112 Å². The number of carbonyl (C=O) groups excluding carboxylic acids is 2. The lowest BCUT2D eigenvalue weighted by Crippen LogP contribution is -2.39. The van der Waals surface area contributed by atoms with Crippen LogP contribution < -0.4 is 0 Å². The number of alkyl halides is 6. The van der Waals surface area contributed by atoms with E-state index in [9.17, 15) is 55.7 Å². The molecule has 2 fully saturated rings. The van der Waals surface area contributed by atoms with E-state index >= 15 is 0 Å². The second-order valence-electron chi connectivity index (χ2n) is 14.4. The molecule has 0 atom stereocenters. The van der Waals surface area contributed by atoms with Crippen LogP contribution in [-0.2, 0) is 41.2 Å². The number of halogens is 6. The molecule has 0 saturated carbocycles. The number of carboxylic acids is 2. The summed E-state index contributed by atoms with van der Waals surface area (Å²) in [6.45, 7) is 3.33. The SMILES string of the molecule is C.CCc1ccc(CC(=O)N2CCC(c3ccccc3C(F)(F)F)CC2)c(C(=O)O)c1.O=C(O)c1ccccc1CC(=O)N1CCC(c2ccccc2C(F)(F)F)CC1. The molecule has 0 bridgehead atoms. The molecule has 4 aromatic carbocycles. The van der Waals surface area contributed by atoms with Crippen LogP contribution >= 0.6 is 0 Å². The van der Waals surface area contributed by atoms with Crippen molar-refractivity contribution in [1.82, 2.24) is 9.80 Å². The summed E-state index contributed by atoms with van der Waals surface area (Å²) >= 11 is 0. The van der Waals surface area contributed by atoms with Crippen LogP contribution in [-0.4, -0.2) is 69.9 Å². The predicted octanol–water partition coefficient (Wildman–Crippen LogP) is 9.90. The number of carbonyl (C=O) groups is 4. The molecule has 6 rings (SSSR count). The minimum Gasteiger partial charge on any atom is -0.478 e. The molecular formula is C45H48F6N2O6. The van der Waals surface area contributed by atoms with Gasteiger partial charge in [-0.1, -0.05) is 81.1 Å². The number of amides is 2. The summed E-state index contributed by atoms with van der Waals surface area (Å²) in [4.78, 5) is 51.3. The van der Waals surface area contributed by atoms with E-state index in [2.05, 4.69) is 0 Å². The predicted molar refractivity (Wildman–Crippen MR) is 210 cm³/mol. The second kappa shape index (κ2) is 19.9. The van der Waals surface area contributed by atoms with E-state index in [1.54, 1.807) is 52.3 Å². The molecule has 0 aromatic heterocycles. The molecule has 2 heterocycles. The molecule has 59 heavy (non-hydrogen) atoms. The number of rotatable bonds is 9. The maximum Gasteiger partial charge on any atom is 0.416 e. The highest BCUT2D eigenvalue weighted by Crippen LogP contribution is 2.40. The lowest BCUT2D eigenvalue weighted by Gasteiger charge is -2.33. The molecule has 2 saturated heterocycles. The minimum atomic E-state index is -4.40. The van der Waals surface area contributed by atoms with Gasteiger partial charge in [0.25, 0.3) is 0 Å². The van der Waals surface area contributed by atoms with Gasteiger partial charge in [-0.2, -0.15) is 26.3 Å². The highest BCUT2D eigenvalue weighted by molar-refractivity contribution is 5.92. The van der Waals surface area contributed by atoms with E-state index in [0.717, 1.165) is 17.7 Å². The van der Waals surface area contributed by atoms with E-state index in [-0.39, 0.29) is 66.2 Å². The van der Waals surface area contributed by atoms with Crippen molar-refractivity contribution in [2.24, 2.45) is 0 Å². The van der Waals surface area contributed by atoms with Crippen LogP contribution in [0.3, 0.4) is 0 Å². The zero-order valence-electron chi connectivity index (χ0n) is 31.8. The molecule has 0 unspecified atom stereocenters. The van der Waals surface area contributed by atoms with Gasteiger partial charge in [-0.15, -0.1) is 0 Å². The molecule has 2 amide bonds. The lowest BCUT2D eigenvalue weighted by atomic mass is 9.86. The summed E-state index contributed by atoms with van der Waals surface area (Å²) in [5, 5.41) is 18.7. The van der Waals surface area contributed by atoms with Crippen LogP contribution in [0.15, 0.2) is 91.0 Å². The van der Waals surface area contributed by atoms with Gasteiger partial charge in [0, 0.05) is 26.2 Å². The first kappa shape index (κ1) is 46.0. The normalized spacial score (nSPS) is 15.1. The molecule has 0 radical (unpaired) electrons. The van der Waals surface area contributed by atoms with Crippen molar-refractivity contribution >= 4 is 23.8 Å². The Morgan fingerprint density at radius 3 is 1.37 bits per heavy atom. The van der Waals surface area contributed by atoms with E-state index in [1.807, 2.05) is 13.0 Å². The second-order valence-corrected chi connectivity index (χ2v) is 14.4. The highest BCUT2D eigenvalue weighted by Gasteiger charge is 2.37. The average molecular weight is 827 g/mol. The molecule has 2 aliphatic heterocycles. The maximum atomic E-state index is 13.3. The Balaban J connectivity index is 0.000000257. The lowest BCUT2D eigenvalue weighted by molar-refractivity contribution is -0.139. The van der Waals surface area contributed by atoms with Crippen LogP contribution in [0, 0.1) is 0 Å². The van der Waals surface area contributed by atoms with Crippen LogP contribution in [0.5, 0.6) is 0 Å². The monoisotopic (exact) mass is 826 g/mol. The van der Waals surface area contributed by atoms with Gasteiger partial charge >= 0.3 is 24.3 Å². The number of carboxylic acid groups (broad SMARTS) is 2. The Bertz CT molecular complexity index is 2100. The number of hydrogen-bond acceptors (Lipinski definition) is 4. The quantitative estimate of drug-likeness (QED) is 0.163. The number of likely N-dealkylation sites (tertiary alicyclic amines) is 2. The summed E-state index contributed by atoms with van der Waals surface area (Å²) in [5.74, 6) is -3.10. The molecule has 2 aliphatic rings. The van der Waals surface area contributed by atoms with Crippen molar-refractivity contribution in [3.8, 4) is 0 Å². The number of benzene rings is 4. The van der Waals surface area contributed by atoms with Gasteiger partial charge in [0.05, 0.1) is 35.1 Å². The van der Waals surface area contributed by atoms with Crippen molar-refractivity contribution in [3.05, 3.63) is 141 Å². The van der Waals surface area contributed by atoms with Crippen molar-refractivity contribution in [3.63, 3.8) is 0 Å². The van der Waals surface area contributed by atoms with Crippen molar-refractivity contribution in [2.75, 3.05) is 26.2 Å². The molecule has 4 aromatic rings. The molecular weight excluding hydrogens is 778 g/mol. The number of aryl methyl sites for hydroxylation is 1. The average Bonchev–Trinajstić information content (AvgIpc) is 3.20. The summed E-state index contributed by atoms with van der Waals surface area (Å²) in [6, 6.07) is 22.6. The van der Waals surface area contributed by atoms with Gasteiger partial charge in [0.2, 0.25) is 11.8 Å². The molecule has 316 valence electrons. The van der Waals surface area contributed by atoms with Crippen molar-refractivity contribution < 1.29 is 55.7 Å². The zero-order valence-corrected chi connectivity index (χ0v) is 31.8. The van der Waals surface area contributed by atoms with E-state index < -0.39 is 35.4 Å². The Labute approximate surface area is 339 Å². The van der Waals surface area contributed by atoms with Crippen molar-refractivity contribution in [2.45, 2.75) is 83.5 Å². The smallest absolute Gasteiger partial charge is 0.416 e. The zero-order chi connectivity index (χ0) is 42.2. The Kier molecular flexibility index (Phi) is 15.5. The van der Waals surface area contributed by atoms with Gasteiger partial charge in [-0.05, 0) is 96.0 Å². The summed E-state index contributed by atoms with van der Waals surface area (Å²) < 4.78 is 79.6. The number of hydrogen-bond donors (Lipinski definition) is 2. The summed E-state index contributed by atoms with van der Waals surface area (Å²) in [5.41, 5.74) is 1.30. The molecule has 8 nitrogen and oxygen atoms in total. The first-order valence-electron chi connectivity index (χ1n) is 19.0. The van der Waals surface area contributed by atoms with Gasteiger partial charge < -0.3 is 20.0 Å². The third kappa shape index (κ3) is 11.7. The maximum absolute atomic E-state index is 13.3. The Morgan fingerprint density at radius 1 is 0.576 bits per heavy atom. The fourth-order valence-corrected chi connectivity index (χ4v) is 7.73. The fourth-order valence-electron chi connectivity index (χ4n) is 7.73. The van der Waals surface area contributed by atoms with Gasteiger partial charge in [0.15, 0.2) is 0 Å². The number of piperidine rings is 2. The largest absolute Gasteiger partial charge is 0.478 e. The molecule has 0 aliphatic carbocycles. The minimum absolute atomic E-state index is 0. The van der Waals surface area contributed by atoms with Crippen LogP contribution in [0.25, 0.3) is 0 Å². The third-order valence-electron chi connectivity index (χ3n) is 10.9. The van der Waals surface area contributed by atoms with Gasteiger partial charge in [-0.25, -0.2) is 9.59 Å². The summed E-state index contributed by atoms with van der Waals surface area (Å²) in [7, 11) is 0. The Morgan fingerprint density at radius 2 is 0.966 bits per heavy atom. The van der Waals surface area contributed by atoms with Crippen LogP contribution in [0.4, 0.5) is 26.3 Å². The number of nitrogens with zero attached hydrogens (tertiary/aromatic N) is 2. The summed E-state index contributed by atoms with van der Waals surface area (Å²) in [6.07, 6.45) is -6.40. The number of aromatic carboxylic acids is 2. The topological polar surface area (TPSA) is 115 Å². The van der Waals surface area contributed by atoms with Gasteiger partial charge in [-0.3, -0.25) is 9.59 Å². The first-order valence-corrected chi connectivity index (χ1v) is 19.0. The Hall–Kier alpha value is -5.66. The van der Waals surface area contributed by atoms with Crippen LogP contribution in [0.2, 0.25) is 0 Å². The van der Waals surface area contributed by atoms with E-state index in [1.165, 1.54) is 30.3 Å². The highest BCUT2D eigenvalue weighted by atomic mass is 19.4. The fraction of sp³-hybridized carbons (Fsp3) is 0.378. The van der Waals surface area contributed by atoms with E-state index in [4.69, 9.17) is 0 Å². The molecule has 2 N–H and O–H groups in total. The molecule has 14 heteroatoms. The molecule has 0 spiro atoms. The first-order chi connectivity index (χ1) is 27.5. The van der Waals surface area contributed by atoms with Gasteiger partial charge in [0.1, 0.15) is 0 Å². The third-order valence-corrected chi connectivity index (χ3v) is 10.9.